The molecular formula is C20H25ClN2O4S. The second kappa shape index (κ2) is 8.09. The molecule has 0 saturated carbocycles. The molecular weight excluding hydrogens is 400 g/mol. The van der Waals surface area contributed by atoms with E-state index >= 15 is 0 Å². The third-order valence-corrected chi connectivity index (χ3v) is 5.40. The van der Waals surface area contributed by atoms with E-state index in [9.17, 15) is 13.2 Å². The van der Waals surface area contributed by atoms with Gasteiger partial charge in [-0.3, -0.25) is 4.79 Å². The van der Waals surface area contributed by atoms with Gasteiger partial charge in [-0.25, -0.2) is 4.68 Å². The van der Waals surface area contributed by atoms with Crippen molar-refractivity contribution in [3.05, 3.63) is 50.7 Å². The zero-order chi connectivity index (χ0) is 21.4. The van der Waals surface area contributed by atoms with Gasteiger partial charge in [-0.2, -0.15) is 13.5 Å². The van der Waals surface area contributed by atoms with Crippen LogP contribution in [-0.4, -0.2) is 30.2 Å². The Morgan fingerprint density at radius 3 is 2.29 bits per heavy atom. The van der Waals surface area contributed by atoms with E-state index in [4.69, 9.17) is 15.8 Å². The van der Waals surface area contributed by atoms with E-state index in [1.54, 1.807) is 26.0 Å². The lowest BCUT2D eigenvalue weighted by Crippen LogP contribution is -2.14. The van der Waals surface area contributed by atoms with Gasteiger partial charge in [0.25, 0.3) is 0 Å². The van der Waals surface area contributed by atoms with Crippen LogP contribution in [0, 0.1) is 13.8 Å². The number of halogens is 1. The minimum absolute atomic E-state index is 0.0673. The van der Waals surface area contributed by atoms with Crippen LogP contribution >= 0.6 is 11.6 Å². The largest absolute Gasteiger partial charge is 0.361 e. The Bertz CT molecular complexity index is 1080. The van der Waals surface area contributed by atoms with E-state index in [1.165, 1.54) is 4.68 Å². The maximum absolute atomic E-state index is 13.4. The Morgan fingerprint density at radius 2 is 1.79 bits per heavy atom. The van der Waals surface area contributed by atoms with E-state index in [-0.39, 0.29) is 17.2 Å². The van der Waals surface area contributed by atoms with Gasteiger partial charge in [-0.15, -0.1) is 0 Å². The number of carbonyl (C=O) groups is 1. The lowest BCUT2D eigenvalue weighted by molar-refractivity contribution is 0.103. The molecule has 0 aliphatic rings. The summed E-state index contributed by atoms with van der Waals surface area (Å²) >= 11 is 6.40. The Morgan fingerprint density at radius 1 is 1.18 bits per heavy atom. The maximum Gasteiger partial charge on any atom is 0.307 e. The summed E-state index contributed by atoms with van der Waals surface area (Å²) in [5.41, 5.74) is 4.58. The van der Waals surface area contributed by atoms with Crippen LogP contribution in [0.25, 0.3) is 5.57 Å². The van der Waals surface area contributed by atoms with Gasteiger partial charge >= 0.3 is 10.1 Å². The van der Waals surface area contributed by atoms with E-state index in [0.717, 1.165) is 28.5 Å². The fourth-order valence-electron chi connectivity index (χ4n) is 3.03. The minimum atomic E-state index is -3.83. The average molecular weight is 425 g/mol. The van der Waals surface area contributed by atoms with Crippen LogP contribution in [-0.2, 0) is 16.7 Å². The molecule has 152 valence electrons. The topological polar surface area (TPSA) is 78.3 Å². The summed E-state index contributed by atoms with van der Waals surface area (Å²) in [6.45, 7) is 11.6. The summed E-state index contributed by atoms with van der Waals surface area (Å²) in [5.74, 6) is -0.421. The van der Waals surface area contributed by atoms with Crippen molar-refractivity contribution in [3.63, 3.8) is 0 Å². The van der Waals surface area contributed by atoms with Crippen LogP contribution < -0.4 is 4.18 Å². The number of rotatable bonds is 6. The Balaban J connectivity index is 2.74. The molecule has 0 N–H and O–H groups in total. The van der Waals surface area contributed by atoms with Crippen molar-refractivity contribution in [1.29, 1.82) is 0 Å². The van der Waals surface area contributed by atoms with Gasteiger partial charge in [0.1, 0.15) is 5.56 Å². The van der Waals surface area contributed by atoms with Gasteiger partial charge < -0.3 is 4.18 Å². The first-order valence-corrected chi connectivity index (χ1v) is 11.0. The quantitative estimate of drug-likeness (QED) is 0.501. The molecule has 0 saturated heterocycles. The van der Waals surface area contributed by atoms with Gasteiger partial charge in [-0.1, -0.05) is 17.2 Å². The van der Waals surface area contributed by atoms with E-state index < -0.39 is 10.1 Å². The monoisotopic (exact) mass is 424 g/mol. The number of aryl methyl sites for hydroxylation is 2. The van der Waals surface area contributed by atoms with E-state index in [2.05, 4.69) is 5.10 Å². The average Bonchev–Trinajstić information content (AvgIpc) is 2.87. The summed E-state index contributed by atoms with van der Waals surface area (Å²) in [7, 11) is -3.83. The first-order valence-electron chi connectivity index (χ1n) is 8.84. The summed E-state index contributed by atoms with van der Waals surface area (Å²) in [5, 5.41) is 4.82. The molecule has 0 aliphatic heterocycles. The summed E-state index contributed by atoms with van der Waals surface area (Å²) in [4.78, 5) is 13.4. The third kappa shape index (κ3) is 4.31. The van der Waals surface area contributed by atoms with E-state index in [0.29, 0.717) is 22.8 Å². The first-order chi connectivity index (χ1) is 12.9. The number of aromatic nitrogens is 2. The molecule has 2 aromatic rings. The lowest BCUT2D eigenvalue weighted by atomic mass is 9.91. The SMILES string of the molecule is CCn1nc(C)c(C(=O)c2ccc(Cl)c(C(C)=C(C)C)c2C)c1OS(C)(=O)=O. The molecule has 1 heterocycles. The van der Waals surface area contributed by atoms with Crippen LogP contribution in [0.5, 0.6) is 5.88 Å². The first kappa shape index (κ1) is 22.2. The van der Waals surface area contributed by atoms with Crippen molar-refractivity contribution < 1.29 is 17.4 Å². The molecule has 0 amide bonds. The van der Waals surface area contributed by atoms with Gasteiger partial charge in [0.15, 0.2) is 0 Å². The molecule has 0 aliphatic carbocycles. The number of allylic oxidation sites excluding steroid dienone is 2. The Kier molecular flexibility index (Phi) is 6.41. The highest BCUT2D eigenvalue weighted by Gasteiger charge is 2.28. The van der Waals surface area contributed by atoms with Gasteiger partial charge in [-0.05, 0) is 70.4 Å². The fraction of sp³-hybridized carbons (Fsp3) is 0.400. The smallest absolute Gasteiger partial charge is 0.307 e. The van der Waals surface area contributed by atoms with Crippen molar-refractivity contribution >= 4 is 33.1 Å². The van der Waals surface area contributed by atoms with Crippen LogP contribution in [0.4, 0.5) is 0 Å². The Hall–Kier alpha value is -2.12. The number of benzene rings is 1. The van der Waals surface area contributed by atoms with Crippen molar-refractivity contribution in [2.24, 2.45) is 0 Å². The summed E-state index contributed by atoms with van der Waals surface area (Å²) < 4.78 is 29.9. The van der Waals surface area contributed by atoms with Crippen molar-refractivity contribution in [3.8, 4) is 5.88 Å². The molecule has 0 unspecified atom stereocenters. The van der Waals surface area contributed by atoms with Crippen molar-refractivity contribution in [2.75, 3.05) is 6.26 Å². The lowest BCUT2D eigenvalue weighted by Gasteiger charge is -2.15. The second-order valence-corrected chi connectivity index (χ2v) is 8.90. The molecule has 1 aromatic heterocycles. The minimum Gasteiger partial charge on any atom is -0.361 e. The molecule has 6 nitrogen and oxygen atoms in total. The molecule has 28 heavy (non-hydrogen) atoms. The zero-order valence-corrected chi connectivity index (χ0v) is 18.7. The molecule has 0 fully saturated rings. The molecule has 1 aromatic carbocycles. The van der Waals surface area contributed by atoms with Crippen LogP contribution in [0.15, 0.2) is 17.7 Å². The highest BCUT2D eigenvalue weighted by Crippen LogP contribution is 2.34. The number of ketones is 1. The van der Waals surface area contributed by atoms with Gasteiger partial charge in [0.2, 0.25) is 11.7 Å². The van der Waals surface area contributed by atoms with Crippen molar-refractivity contribution in [1.82, 2.24) is 9.78 Å². The number of hydrogen-bond acceptors (Lipinski definition) is 5. The van der Waals surface area contributed by atoms with Gasteiger partial charge in [0.05, 0.1) is 11.9 Å². The maximum atomic E-state index is 13.4. The molecule has 2 rings (SSSR count). The third-order valence-electron chi connectivity index (χ3n) is 4.62. The van der Waals surface area contributed by atoms with Crippen LogP contribution in [0.3, 0.4) is 0 Å². The number of nitrogens with zero attached hydrogens (tertiary/aromatic N) is 2. The highest BCUT2D eigenvalue weighted by molar-refractivity contribution is 7.86. The Labute approximate surface area is 171 Å². The normalized spacial score (nSPS) is 11.4. The van der Waals surface area contributed by atoms with Gasteiger partial charge in [0, 0.05) is 17.1 Å². The molecule has 0 radical (unpaired) electrons. The molecule has 0 spiro atoms. The predicted molar refractivity (Wildman–Crippen MR) is 112 cm³/mol. The molecule has 8 heteroatoms. The van der Waals surface area contributed by atoms with Crippen molar-refractivity contribution in [2.45, 2.75) is 48.1 Å². The summed E-state index contributed by atoms with van der Waals surface area (Å²) in [6, 6.07) is 3.33. The molecule has 0 bridgehead atoms. The number of carbonyl (C=O) groups excluding carboxylic acids is 1. The van der Waals surface area contributed by atoms with Crippen LogP contribution in [0.2, 0.25) is 5.02 Å². The predicted octanol–water partition coefficient (Wildman–Crippen LogP) is 4.56. The molecule has 0 atom stereocenters. The fourth-order valence-corrected chi connectivity index (χ4v) is 3.84. The highest BCUT2D eigenvalue weighted by atomic mass is 35.5. The van der Waals surface area contributed by atoms with Crippen LogP contribution in [0.1, 0.15) is 60.4 Å². The number of hydrogen-bond donors (Lipinski definition) is 0. The zero-order valence-electron chi connectivity index (χ0n) is 17.2. The standard InChI is InChI=1S/C20H25ClN2O4S/c1-8-23-20(27-28(7,25)26)18(14(6)22-23)19(24)15-9-10-16(21)17(13(15)5)12(4)11(2)3/h9-10H,8H2,1-7H3. The van der Waals surface area contributed by atoms with E-state index in [1.807, 2.05) is 27.7 Å². The summed E-state index contributed by atoms with van der Waals surface area (Å²) in [6.07, 6.45) is 0.938. The second-order valence-electron chi connectivity index (χ2n) is 6.92.